The van der Waals surface area contributed by atoms with Crippen LogP contribution in [0, 0.1) is 12.8 Å². The molecule has 1 rings (SSSR count). The minimum absolute atomic E-state index is 0.0392. The van der Waals surface area contributed by atoms with Gasteiger partial charge >= 0.3 is 0 Å². The lowest BCUT2D eigenvalue weighted by molar-refractivity contribution is -0.127. The summed E-state index contributed by atoms with van der Waals surface area (Å²) in [7, 11) is 0. The summed E-state index contributed by atoms with van der Waals surface area (Å²) in [6.07, 6.45) is 0. The molecule has 5 nitrogen and oxygen atoms in total. The molecule has 4 N–H and O–H groups in total. The molecule has 1 atom stereocenters. The van der Waals surface area contributed by atoms with Crippen molar-refractivity contribution in [3.63, 3.8) is 0 Å². The molecular weight excluding hydrogens is 262 g/mol. The van der Waals surface area contributed by atoms with Gasteiger partial charge in [0.2, 0.25) is 11.8 Å². The zero-order chi connectivity index (χ0) is 14.4. The van der Waals surface area contributed by atoms with E-state index in [4.69, 9.17) is 5.73 Å². The second-order valence-corrected chi connectivity index (χ2v) is 5.59. The van der Waals surface area contributed by atoms with Crippen molar-refractivity contribution in [2.75, 3.05) is 6.54 Å². The van der Waals surface area contributed by atoms with E-state index in [0.29, 0.717) is 6.54 Å². The first-order valence-electron chi connectivity index (χ1n) is 6.23. The smallest absolute Gasteiger partial charge is 0.239 e. The fourth-order valence-electron chi connectivity index (χ4n) is 1.41. The van der Waals surface area contributed by atoms with E-state index < -0.39 is 6.04 Å². The zero-order valence-corrected chi connectivity index (χ0v) is 12.3. The van der Waals surface area contributed by atoms with Crippen molar-refractivity contribution in [3.8, 4) is 0 Å². The van der Waals surface area contributed by atoms with Crippen LogP contribution in [-0.4, -0.2) is 24.4 Å². The Hall–Kier alpha value is -1.40. The minimum Gasteiger partial charge on any atom is -0.350 e. The van der Waals surface area contributed by atoms with Crippen molar-refractivity contribution in [1.82, 2.24) is 10.6 Å². The van der Waals surface area contributed by atoms with Gasteiger partial charge in [-0.3, -0.25) is 9.59 Å². The molecule has 0 aliphatic heterocycles. The average molecular weight is 283 g/mol. The van der Waals surface area contributed by atoms with Crippen molar-refractivity contribution in [3.05, 3.63) is 21.9 Å². The summed E-state index contributed by atoms with van der Waals surface area (Å²) < 4.78 is 0. The highest BCUT2D eigenvalue weighted by atomic mass is 32.1. The van der Waals surface area contributed by atoms with Gasteiger partial charge in [-0.05, 0) is 34.7 Å². The van der Waals surface area contributed by atoms with Crippen molar-refractivity contribution in [2.24, 2.45) is 11.7 Å². The van der Waals surface area contributed by atoms with Crippen molar-refractivity contribution >= 4 is 23.2 Å². The standard InChI is InChI=1S/C13H21N3O2S/c1-8(2)12(14)13(18)16-5-11(17)15-4-10-7-19-6-9(10)3/h6-8,12H,4-5,14H2,1-3H3,(H,15,17)(H,16,18)/t12-/m0/s1. The van der Waals surface area contributed by atoms with Crippen molar-refractivity contribution in [2.45, 2.75) is 33.4 Å². The molecule has 0 aromatic carbocycles. The Morgan fingerprint density at radius 2 is 2.00 bits per heavy atom. The molecule has 1 aromatic heterocycles. The second-order valence-electron chi connectivity index (χ2n) is 4.84. The fourth-order valence-corrected chi connectivity index (χ4v) is 2.27. The van der Waals surface area contributed by atoms with Crippen LogP contribution in [0.4, 0.5) is 0 Å². The predicted octanol–water partition coefficient (Wildman–Crippen LogP) is 0.772. The molecule has 2 amide bonds. The quantitative estimate of drug-likeness (QED) is 0.721. The Morgan fingerprint density at radius 3 is 2.53 bits per heavy atom. The Bertz CT molecular complexity index is 443. The van der Waals surface area contributed by atoms with E-state index in [1.165, 1.54) is 0 Å². The fraction of sp³-hybridized carbons (Fsp3) is 0.538. The average Bonchev–Trinajstić information content (AvgIpc) is 2.77. The lowest BCUT2D eigenvalue weighted by atomic mass is 10.1. The van der Waals surface area contributed by atoms with Gasteiger partial charge in [0.25, 0.3) is 0 Å². The molecule has 0 aliphatic rings. The summed E-state index contributed by atoms with van der Waals surface area (Å²) in [5.41, 5.74) is 7.94. The number of aryl methyl sites for hydroxylation is 1. The molecule has 19 heavy (non-hydrogen) atoms. The summed E-state index contributed by atoms with van der Waals surface area (Å²) in [4.78, 5) is 23.1. The van der Waals surface area contributed by atoms with Crippen LogP contribution >= 0.6 is 11.3 Å². The number of nitrogens with one attached hydrogen (secondary N) is 2. The van der Waals surface area contributed by atoms with Gasteiger partial charge in [0.15, 0.2) is 0 Å². The summed E-state index contributed by atoms with van der Waals surface area (Å²) >= 11 is 1.61. The van der Waals surface area contributed by atoms with Gasteiger partial charge in [0, 0.05) is 6.54 Å². The van der Waals surface area contributed by atoms with Gasteiger partial charge in [-0.1, -0.05) is 13.8 Å². The maximum absolute atomic E-state index is 11.6. The number of hydrogen-bond donors (Lipinski definition) is 3. The molecule has 0 saturated heterocycles. The van der Waals surface area contributed by atoms with Gasteiger partial charge < -0.3 is 16.4 Å². The summed E-state index contributed by atoms with van der Waals surface area (Å²) in [5.74, 6) is -0.455. The molecular formula is C13H21N3O2S. The van der Waals surface area contributed by atoms with Crippen LogP contribution in [0.5, 0.6) is 0 Å². The Labute approximate surface area is 117 Å². The third kappa shape index (κ3) is 5.00. The largest absolute Gasteiger partial charge is 0.350 e. The van der Waals surface area contributed by atoms with Crippen LogP contribution in [0.3, 0.4) is 0 Å². The molecule has 1 heterocycles. The SMILES string of the molecule is Cc1cscc1CNC(=O)CNC(=O)[C@@H](N)C(C)C. The van der Waals surface area contributed by atoms with Gasteiger partial charge in [0.1, 0.15) is 0 Å². The first-order valence-corrected chi connectivity index (χ1v) is 7.17. The topological polar surface area (TPSA) is 84.2 Å². The third-order valence-corrected chi connectivity index (χ3v) is 3.79. The minimum atomic E-state index is -0.577. The molecule has 0 spiro atoms. The van der Waals surface area contributed by atoms with Crippen LogP contribution < -0.4 is 16.4 Å². The second kappa shape index (κ2) is 7.25. The summed E-state index contributed by atoms with van der Waals surface area (Å²) in [5, 5.41) is 9.33. The third-order valence-electron chi connectivity index (χ3n) is 2.88. The van der Waals surface area contributed by atoms with Crippen molar-refractivity contribution < 1.29 is 9.59 Å². The lowest BCUT2D eigenvalue weighted by Gasteiger charge is -2.15. The van der Waals surface area contributed by atoms with E-state index in [2.05, 4.69) is 10.6 Å². The summed E-state index contributed by atoms with van der Waals surface area (Å²) in [6.45, 7) is 6.18. The van der Waals surface area contributed by atoms with Gasteiger partial charge in [-0.15, -0.1) is 0 Å². The maximum Gasteiger partial charge on any atom is 0.239 e. The molecule has 1 aromatic rings. The van der Waals surface area contributed by atoms with Gasteiger partial charge in [0.05, 0.1) is 12.6 Å². The highest BCUT2D eigenvalue weighted by molar-refractivity contribution is 7.08. The summed E-state index contributed by atoms with van der Waals surface area (Å²) in [6, 6.07) is -0.577. The van der Waals surface area contributed by atoms with Gasteiger partial charge in [-0.25, -0.2) is 0 Å². The van der Waals surface area contributed by atoms with E-state index in [1.807, 2.05) is 31.5 Å². The Morgan fingerprint density at radius 1 is 1.32 bits per heavy atom. The number of carbonyl (C=O) groups excluding carboxylic acids is 2. The molecule has 0 aliphatic carbocycles. The normalized spacial score (nSPS) is 12.3. The number of carbonyl (C=O) groups is 2. The highest BCUT2D eigenvalue weighted by Crippen LogP contribution is 2.12. The molecule has 6 heteroatoms. The Balaban J connectivity index is 2.29. The maximum atomic E-state index is 11.6. The molecule has 0 saturated carbocycles. The van der Waals surface area contributed by atoms with E-state index in [9.17, 15) is 9.59 Å². The zero-order valence-electron chi connectivity index (χ0n) is 11.5. The van der Waals surface area contributed by atoms with Crippen LogP contribution in [0.1, 0.15) is 25.0 Å². The molecule has 0 bridgehead atoms. The van der Waals surface area contributed by atoms with E-state index in [-0.39, 0.29) is 24.3 Å². The van der Waals surface area contributed by atoms with Crippen LogP contribution in [0.15, 0.2) is 10.8 Å². The van der Waals surface area contributed by atoms with Gasteiger partial charge in [-0.2, -0.15) is 11.3 Å². The van der Waals surface area contributed by atoms with E-state index >= 15 is 0 Å². The number of amides is 2. The van der Waals surface area contributed by atoms with Crippen molar-refractivity contribution in [1.29, 1.82) is 0 Å². The van der Waals surface area contributed by atoms with Crippen LogP contribution in [0.2, 0.25) is 0 Å². The van der Waals surface area contributed by atoms with Crippen LogP contribution in [0.25, 0.3) is 0 Å². The molecule has 0 fully saturated rings. The van der Waals surface area contributed by atoms with E-state index in [1.54, 1.807) is 11.3 Å². The highest BCUT2D eigenvalue weighted by Gasteiger charge is 2.17. The first-order chi connectivity index (χ1) is 8.91. The number of nitrogens with two attached hydrogens (primary N) is 1. The number of hydrogen-bond acceptors (Lipinski definition) is 4. The molecule has 106 valence electrons. The number of thiophene rings is 1. The van der Waals surface area contributed by atoms with Crippen LogP contribution in [-0.2, 0) is 16.1 Å². The first kappa shape index (κ1) is 15.7. The predicted molar refractivity (Wildman–Crippen MR) is 76.7 cm³/mol. The van der Waals surface area contributed by atoms with E-state index in [0.717, 1.165) is 11.1 Å². The molecule has 0 unspecified atom stereocenters. The monoisotopic (exact) mass is 283 g/mol. The Kier molecular flexibility index (Phi) is 5.98. The lowest BCUT2D eigenvalue weighted by Crippen LogP contribution is -2.47. The number of rotatable bonds is 6. The molecule has 0 radical (unpaired) electrons.